The van der Waals surface area contributed by atoms with Crippen molar-refractivity contribution in [3.05, 3.63) is 266 Å². The lowest BCUT2D eigenvalue weighted by molar-refractivity contribution is -0.147. The number of methoxy groups -OCH3 is 4. The molecule has 30 nitrogen and oxygen atoms in total. The molecule has 12 aromatic rings. The van der Waals surface area contributed by atoms with E-state index in [0.717, 1.165) is 137 Å². The highest BCUT2D eigenvalue weighted by Gasteiger charge is 2.43. The van der Waals surface area contributed by atoms with Crippen LogP contribution in [-0.2, 0) is 47.7 Å². The van der Waals surface area contributed by atoms with Gasteiger partial charge in [-0.2, -0.15) is 0 Å². The molecule has 0 spiro atoms. The summed E-state index contributed by atoms with van der Waals surface area (Å²) < 4.78 is 24.5. The number of amides is 7. The molecule has 684 valence electrons. The molecule has 7 amide bonds. The molecule has 0 radical (unpaired) electrons. The number of H-pyrrole nitrogens is 4. The van der Waals surface area contributed by atoms with Gasteiger partial charge in [0.05, 0.1) is 113 Å². The number of carbonyl (C=O) groups is 9. The fourth-order valence-corrected chi connectivity index (χ4v) is 17.3. The molecule has 30 heteroatoms. The van der Waals surface area contributed by atoms with Gasteiger partial charge in [-0.3, -0.25) is 28.9 Å². The summed E-state index contributed by atoms with van der Waals surface area (Å²) in [5, 5.41) is 21.4. The van der Waals surface area contributed by atoms with E-state index in [1.807, 2.05) is 95.1 Å². The first-order valence-electron chi connectivity index (χ1n) is 44.1. The number of carbonyl (C=O) groups excluding carboxylic acids is 8. The number of esters is 1. The molecule has 4 aliphatic heterocycles. The van der Waals surface area contributed by atoms with Crippen LogP contribution in [0.5, 0.6) is 0 Å². The van der Waals surface area contributed by atoms with E-state index in [0.29, 0.717) is 61.8 Å². The van der Waals surface area contributed by atoms with E-state index < -0.39 is 59.9 Å². The first-order valence-corrected chi connectivity index (χ1v) is 44.1. The van der Waals surface area contributed by atoms with Crippen molar-refractivity contribution in [2.75, 3.05) is 54.6 Å². The van der Waals surface area contributed by atoms with Crippen molar-refractivity contribution in [1.29, 1.82) is 0 Å². The van der Waals surface area contributed by atoms with Crippen LogP contribution >= 0.6 is 0 Å². The van der Waals surface area contributed by atoms with Gasteiger partial charge < -0.3 is 79.4 Å². The summed E-state index contributed by atoms with van der Waals surface area (Å²) in [5.74, 6) is -0.328. The SMILES string of the molecule is C=C1C[C@@H](c2ncc(-c3ccc(-c4ccc5cc(-c6cnc([C@@H]7CCCN7C(=O)[C@@H](NC(=O)OC)C(C)C)[nH]6)ccc5c4)cc3)[nH]2)N(C(=O)C(NC(=O)OC)c2ccccc2)C1.C=C1C[C@@H](c2ncc(-c3ccc(-c4ccc5cc(-c6cnc([C@@H]7CCCN7C(=O)[C@@H](NC(=O)OC)C(C)C)[nH]6)ccc5c4)cc3)[nH]2)N(C(=O)OC(C)(C)C)C1.COC(=O)C[C@@H](C(=O)O)c1ccccc1. The summed E-state index contributed by atoms with van der Waals surface area (Å²) >= 11 is 0. The maximum absolute atomic E-state index is 14.0. The number of likely N-dealkylation sites (tertiary alicyclic amines) is 4. The van der Waals surface area contributed by atoms with Gasteiger partial charge in [0, 0.05) is 37.3 Å². The van der Waals surface area contributed by atoms with Crippen LogP contribution in [0.1, 0.15) is 164 Å². The molecule has 4 saturated heterocycles. The molecule has 132 heavy (non-hydrogen) atoms. The first kappa shape index (κ1) is 93.2. The predicted molar refractivity (Wildman–Crippen MR) is 501 cm³/mol. The smallest absolute Gasteiger partial charge is 0.411 e. The van der Waals surface area contributed by atoms with Crippen molar-refractivity contribution in [1.82, 2.24) is 75.4 Å². The molecule has 1 unspecified atom stereocenters. The lowest BCUT2D eigenvalue weighted by Crippen LogP contribution is -2.51. The number of rotatable bonds is 23. The molecule has 4 fully saturated rings. The average molecular weight is 1790 g/mol. The number of carboxylic acids is 1. The van der Waals surface area contributed by atoms with Gasteiger partial charge in [0.2, 0.25) is 11.8 Å². The zero-order valence-electron chi connectivity index (χ0n) is 75.8. The highest BCUT2D eigenvalue weighted by molar-refractivity contribution is 5.94. The van der Waals surface area contributed by atoms with Crippen molar-refractivity contribution in [3.63, 3.8) is 0 Å². The number of hydrogen-bond acceptors (Lipinski definition) is 18. The van der Waals surface area contributed by atoms with Crippen molar-refractivity contribution in [2.45, 2.75) is 147 Å². The number of nitrogens with one attached hydrogen (secondary N) is 7. The van der Waals surface area contributed by atoms with E-state index in [9.17, 15) is 43.2 Å². The number of alkyl carbamates (subject to hydrolysis) is 3. The topological polar surface area (TPSA) is 384 Å². The first-order chi connectivity index (χ1) is 63.4. The van der Waals surface area contributed by atoms with E-state index in [1.165, 1.54) is 28.4 Å². The fourth-order valence-electron chi connectivity index (χ4n) is 17.3. The molecule has 0 saturated carbocycles. The maximum Gasteiger partial charge on any atom is 0.411 e. The molecule has 0 bridgehead atoms. The normalized spacial score (nSPS) is 16.9. The molecule has 0 aliphatic carbocycles. The van der Waals surface area contributed by atoms with Gasteiger partial charge in [-0.15, -0.1) is 0 Å². The number of aromatic amines is 4. The minimum absolute atomic E-state index is 0.0993. The summed E-state index contributed by atoms with van der Waals surface area (Å²) in [4.78, 5) is 152. The van der Waals surface area contributed by atoms with Crippen molar-refractivity contribution in [3.8, 4) is 67.3 Å². The van der Waals surface area contributed by atoms with Gasteiger partial charge in [-0.25, -0.2) is 39.1 Å². The van der Waals surface area contributed by atoms with E-state index in [4.69, 9.17) is 39.0 Å². The summed E-state index contributed by atoms with van der Waals surface area (Å²) in [6, 6.07) is 56.5. The number of benzene rings is 8. The third-order valence-corrected chi connectivity index (χ3v) is 24.2. The predicted octanol–water partition coefficient (Wildman–Crippen LogP) is 18.2. The minimum Gasteiger partial charge on any atom is -0.481 e. The molecule has 8 aromatic carbocycles. The van der Waals surface area contributed by atoms with E-state index in [1.54, 1.807) is 58.5 Å². The van der Waals surface area contributed by atoms with Gasteiger partial charge in [-0.1, -0.05) is 210 Å². The summed E-state index contributed by atoms with van der Waals surface area (Å²) in [6.45, 7) is 23.5. The molecule has 8 atom stereocenters. The standard InChI is InChI=1S/C48H50N8O6.C43H49N7O5.C11H12O4/c1-28(2)41(53-47(59)61-4)45(57)55-21-9-12-39(55)43-49-26-38(52-43)36-20-19-34-23-33(17-18-35(34)24-36)30-13-15-31(16-14-30)37-25-50-44(51-37)40-22-29(3)27-56(40)46(58)42(54-48(60)62-5)32-10-7-6-8-11-32;1-25(2)37(48-41(52)54-7)40(51)49-18-8-9-35(49)38-44-23-34(47-38)32-17-16-30-20-29(14-15-31(30)21-32)27-10-12-28(13-11-27)33-22-45-39(46-33)36-19-26(3)24-50(36)42(53)55-43(4,5)6;1-15-10(12)7-9(11(13)14)8-5-3-2-4-6-8/h6-8,10-11,13-20,23-26,28,39-42H,3,9,12,21-22,27H2,1-2,4-5H3,(H,49,52)(H,50,51)(H,53,59)(H,54,60);10-17,20-23,25,35-37H,3,8-9,18-19,24H2,1-2,4-7H3,(H,44,47)(H,45,46)(H,48,52);2-6,9H,7H2,1H3,(H,13,14)/t39-,40-,41-,42?;35-,36-,37-;9-/m001/s1. The Kier molecular flexibility index (Phi) is 29.1. The van der Waals surface area contributed by atoms with Crippen LogP contribution in [0.4, 0.5) is 19.2 Å². The Morgan fingerprint density at radius 2 is 0.773 bits per heavy atom. The van der Waals surface area contributed by atoms with Crippen LogP contribution in [0.3, 0.4) is 0 Å². The number of fused-ring (bicyclic) bond motifs is 2. The molecular formula is C102H111N15O15. The molecule has 4 aromatic heterocycles. The number of ether oxygens (including phenoxy) is 5. The van der Waals surface area contributed by atoms with Crippen molar-refractivity contribution in [2.24, 2.45) is 11.8 Å². The van der Waals surface area contributed by atoms with Gasteiger partial charge in [0.15, 0.2) is 0 Å². The van der Waals surface area contributed by atoms with Crippen LogP contribution in [0.15, 0.2) is 231 Å². The second kappa shape index (κ2) is 41.2. The fraction of sp³-hybridized carbons (Fsp3) is 0.324. The number of imidazole rings is 4. The minimum atomic E-state index is -1.02. The van der Waals surface area contributed by atoms with Crippen LogP contribution in [0.25, 0.3) is 88.8 Å². The quantitative estimate of drug-likeness (QED) is 0.0167. The third kappa shape index (κ3) is 21.8. The van der Waals surface area contributed by atoms with E-state index in [-0.39, 0.29) is 66.2 Å². The Morgan fingerprint density at radius 1 is 0.424 bits per heavy atom. The monoisotopic (exact) mass is 1790 g/mol. The van der Waals surface area contributed by atoms with Crippen LogP contribution < -0.4 is 16.0 Å². The Morgan fingerprint density at radius 3 is 1.16 bits per heavy atom. The highest BCUT2D eigenvalue weighted by Crippen LogP contribution is 2.42. The summed E-state index contributed by atoms with van der Waals surface area (Å²) in [5.41, 5.74) is 14.2. The Labute approximate surface area is 765 Å². The number of carboxylic acid groups (broad SMARTS) is 1. The maximum atomic E-state index is 14.0. The second-order valence-electron chi connectivity index (χ2n) is 35.1. The summed E-state index contributed by atoms with van der Waals surface area (Å²) in [7, 11) is 5.10. The lowest BCUT2D eigenvalue weighted by atomic mass is 9.96. The van der Waals surface area contributed by atoms with Crippen LogP contribution in [0, 0.1) is 11.8 Å². The van der Waals surface area contributed by atoms with Crippen LogP contribution in [-0.4, -0.2) is 191 Å². The number of aromatic nitrogens is 8. The number of aliphatic carboxylic acids is 1. The van der Waals surface area contributed by atoms with Gasteiger partial charge in [-0.05, 0) is 161 Å². The van der Waals surface area contributed by atoms with Crippen molar-refractivity contribution < 1.29 is 71.9 Å². The molecule has 8 N–H and O–H groups in total. The molecular weight excluding hydrogens is 1680 g/mol. The third-order valence-electron chi connectivity index (χ3n) is 24.2. The largest absolute Gasteiger partial charge is 0.481 e. The van der Waals surface area contributed by atoms with Gasteiger partial charge >= 0.3 is 36.3 Å². The molecule has 8 heterocycles. The van der Waals surface area contributed by atoms with Gasteiger partial charge in [0.25, 0.3) is 5.91 Å². The molecule has 16 rings (SSSR count). The zero-order chi connectivity index (χ0) is 93.8. The second-order valence-corrected chi connectivity index (χ2v) is 35.1. The van der Waals surface area contributed by atoms with Gasteiger partial charge in [0.1, 0.15) is 47.0 Å². The van der Waals surface area contributed by atoms with E-state index >= 15 is 0 Å². The molecule has 4 aliphatic rings. The van der Waals surface area contributed by atoms with Crippen molar-refractivity contribution >= 4 is 75.6 Å². The number of nitrogens with zero attached hydrogens (tertiary/aromatic N) is 8. The average Bonchev–Trinajstić information content (AvgIpc) is 1.58. The highest BCUT2D eigenvalue weighted by atomic mass is 16.6. The zero-order valence-corrected chi connectivity index (χ0v) is 75.8. The lowest BCUT2D eigenvalue weighted by Gasteiger charge is -2.30. The Hall–Kier alpha value is -15.0. The number of hydrogen-bond donors (Lipinski definition) is 8. The Bertz CT molecular complexity index is 6210. The van der Waals surface area contributed by atoms with E-state index in [2.05, 4.69) is 180 Å². The van der Waals surface area contributed by atoms with Crippen LogP contribution in [0.2, 0.25) is 0 Å². The Balaban J connectivity index is 0.000000184. The summed E-state index contributed by atoms with van der Waals surface area (Å²) in [6.07, 6.45) is 9.23.